The highest BCUT2D eigenvalue weighted by Gasteiger charge is 1.93. The van der Waals surface area contributed by atoms with Crippen molar-refractivity contribution < 1.29 is 4.39 Å². The summed E-state index contributed by atoms with van der Waals surface area (Å²) in [5.74, 6) is 5.72. The molecule has 0 amide bonds. The second-order valence-electron chi connectivity index (χ2n) is 3.07. The molecule has 0 aliphatic rings. The average Bonchev–Trinajstić information content (AvgIpc) is 2.03. The van der Waals surface area contributed by atoms with Crippen LogP contribution in [0.2, 0.25) is 0 Å². The molecule has 1 heteroatoms. The number of hydrogen-bond acceptors (Lipinski definition) is 0. The Morgan fingerprint density at radius 1 is 1.31 bits per heavy atom. The molecule has 0 aliphatic carbocycles. The van der Waals surface area contributed by atoms with Crippen LogP contribution < -0.4 is 0 Å². The Balaban J connectivity index is 2.85. The zero-order valence-electron chi connectivity index (χ0n) is 8.02. The Bertz CT molecular complexity index is 322. The second-order valence-corrected chi connectivity index (χ2v) is 3.07. The van der Waals surface area contributed by atoms with Crippen molar-refractivity contribution in [2.75, 3.05) is 0 Å². The SMILES string of the molecule is CCCC#Cc1cc(C)cc(F)c1. The average molecular weight is 176 g/mol. The molecule has 0 aliphatic heterocycles. The van der Waals surface area contributed by atoms with E-state index in [9.17, 15) is 4.39 Å². The van der Waals surface area contributed by atoms with Crippen LogP contribution >= 0.6 is 0 Å². The second kappa shape index (κ2) is 4.67. The lowest BCUT2D eigenvalue weighted by atomic mass is 10.1. The molecule has 0 bridgehead atoms. The van der Waals surface area contributed by atoms with Crippen molar-refractivity contribution in [1.82, 2.24) is 0 Å². The number of rotatable bonds is 1. The van der Waals surface area contributed by atoms with Gasteiger partial charge in [-0.1, -0.05) is 18.8 Å². The monoisotopic (exact) mass is 176 g/mol. The van der Waals surface area contributed by atoms with Gasteiger partial charge in [0.25, 0.3) is 0 Å². The van der Waals surface area contributed by atoms with Crippen LogP contribution in [0, 0.1) is 24.6 Å². The molecule has 0 fully saturated rings. The first kappa shape index (κ1) is 9.80. The zero-order chi connectivity index (χ0) is 9.68. The van der Waals surface area contributed by atoms with Crippen LogP contribution in [0.25, 0.3) is 0 Å². The van der Waals surface area contributed by atoms with Gasteiger partial charge in [0.2, 0.25) is 0 Å². The van der Waals surface area contributed by atoms with E-state index in [-0.39, 0.29) is 5.82 Å². The molecule has 0 heterocycles. The highest BCUT2D eigenvalue weighted by Crippen LogP contribution is 2.06. The smallest absolute Gasteiger partial charge is 0.124 e. The Morgan fingerprint density at radius 2 is 2.08 bits per heavy atom. The molecule has 0 unspecified atom stereocenters. The van der Waals surface area contributed by atoms with Gasteiger partial charge >= 0.3 is 0 Å². The van der Waals surface area contributed by atoms with E-state index < -0.39 is 0 Å². The van der Waals surface area contributed by atoms with E-state index in [0.717, 1.165) is 24.0 Å². The van der Waals surface area contributed by atoms with Gasteiger partial charge in [0, 0.05) is 12.0 Å². The summed E-state index contributed by atoms with van der Waals surface area (Å²) < 4.78 is 12.9. The van der Waals surface area contributed by atoms with Gasteiger partial charge in [0.1, 0.15) is 5.82 Å². The van der Waals surface area contributed by atoms with Gasteiger partial charge < -0.3 is 0 Å². The van der Waals surface area contributed by atoms with Gasteiger partial charge in [0.15, 0.2) is 0 Å². The summed E-state index contributed by atoms with van der Waals surface area (Å²) in [5, 5.41) is 0. The van der Waals surface area contributed by atoms with Gasteiger partial charge in [-0.05, 0) is 37.1 Å². The van der Waals surface area contributed by atoms with Gasteiger partial charge in [-0.3, -0.25) is 0 Å². The molecule has 0 saturated heterocycles. The van der Waals surface area contributed by atoms with Crippen molar-refractivity contribution in [3.05, 3.63) is 35.1 Å². The molecule has 0 saturated carbocycles. The van der Waals surface area contributed by atoms with Crippen LogP contribution in [0.3, 0.4) is 0 Å². The molecule has 0 aromatic heterocycles. The fraction of sp³-hybridized carbons (Fsp3) is 0.333. The highest BCUT2D eigenvalue weighted by molar-refractivity contribution is 5.37. The summed E-state index contributed by atoms with van der Waals surface area (Å²) in [6, 6.07) is 4.87. The maximum absolute atomic E-state index is 12.9. The van der Waals surface area contributed by atoms with Crippen LogP contribution in [-0.4, -0.2) is 0 Å². The van der Waals surface area contributed by atoms with Crippen molar-refractivity contribution in [2.45, 2.75) is 26.7 Å². The molecule has 0 nitrogen and oxygen atoms in total. The Kier molecular flexibility index (Phi) is 3.52. The van der Waals surface area contributed by atoms with Crippen LogP contribution in [0.4, 0.5) is 4.39 Å². The summed E-state index contributed by atoms with van der Waals surface area (Å²) in [7, 11) is 0. The topological polar surface area (TPSA) is 0 Å². The minimum absolute atomic E-state index is 0.208. The first-order valence-corrected chi connectivity index (χ1v) is 4.48. The number of unbranched alkanes of at least 4 members (excludes halogenated alkanes) is 1. The van der Waals surface area contributed by atoms with Crippen LogP contribution in [0.5, 0.6) is 0 Å². The predicted molar refractivity (Wildman–Crippen MR) is 52.9 cm³/mol. The van der Waals surface area contributed by atoms with Gasteiger partial charge in [-0.2, -0.15) is 0 Å². The van der Waals surface area contributed by atoms with E-state index in [1.807, 2.05) is 13.0 Å². The fourth-order valence-corrected chi connectivity index (χ4v) is 1.10. The Morgan fingerprint density at radius 3 is 2.69 bits per heavy atom. The molecule has 1 aromatic carbocycles. The van der Waals surface area contributed by atoms with Crippen molar-refractivity contribution in [3.8, 4) is 11.8 Å². The van der Waals surface area contributed by atoms with Crippen molar-refractivity contribution in [2.24, 2.45) is 0 Å². The molecular weight excluding hydrogens is 163 g/mol. The molecule has 1 aromatic rings. The molecule has 1 rings (SSSR count). The quantitative estimate of drug-likeness (QED) is 0.576. The number of hydrogen-bond donors (Lipinski definition) is 0. The molecule has 0 N–H and O–H groups in total. The lowest BCUT2D eigenvalue weighted by Gasteiger charge is -1.94. The Hall–Kier alpha value is -1.29. The minimum atomic E-state index is -0.208. The molecular formula is C12H13F. The molecule has 0 spiro atoms. The largest absolute Gasteiger partial charge is 0.207 e. The summed E-state index contributed by atoms with van der Waals surface area (Å²) >= 11 is 0. The number of benzene rings is 1. The maximum Gasteiger partial charge on any atom is 0.124 e. The summed E-state index contributed by atoms with van der Waals surface area (Å²) in [6.45, 7) is 3.94. The normalized spacial score (nSPS) is 9.15. The lowest BCUT2D eigenvalue weighted by Crippen LogP contribution is -1.81. The standard InChI is InChI=1S/C12H13F/c1-3-4-5-6-11-7-10(2)8-12(13)9-11/h7-9H,3-4H2,1-2H3. The number of halogens is 1. The molecule has 0 radical (unpaired) electrons. The predicted octanol–water partition coefficient (Wildman–Crippen LogP) is 3.29. The van der Waals surface area contributed by atoms with Gasteiger partial charge in [-0.25, -0.2) is 4.39 Å². The van der Waals surface area contributed by atoms with E-state index in [4.69, 9.17) is 0 Å². The highest BCUT2D eigenvalue weighted by atomic mass is 19.1. The van der Waals surface area contributed by atoms with Crippen LogP contribution in [-0.2, 0) is 0 Å². The van der Waals surface area contributed by atoms with E-state index in [2.05, 4.69) is 18.8 Å². The molecule has 0 atom stereocenters. The fourth-order valence-electron chi connectivity index (χ4n) is 1.10. The molecule has 68 valence electrons. The van der Waals surface area contributed by atoms with Crippen LogP contribution in [0.15, 0.2) is 18.2 Å². The van der Waals surface area contributed by atoms with Gasteiger partial charge in [-0.15, -0.1) is 0 Å². The third-order valence-corrected chi connectivity index (χ3v) is 1.65. The summed E-state index contributed by atoms with van der Waals surface area (Å²) in [6.07, 6.45) is 1.91. The minimum Gasteiger partial charge on any atom is -0.207 e. The van der Waals surface area contributed by atoms with Gasteiger partial charge in [0.05, 0.1) is 0 Å². The molecule has 13 heavy (non-hydrogen) atoms. The van der Waals surface area contributed by atoms with Crippen molar-refractivity contribution >= 4 is 0 Å². The Labute approximate surface area is 78.8 Å². The summed E-state index contributed by atoms with van der Waals surface area (Å²) in [5.41, 5.74) is 1.69. The third kappa shape index (κ3) is 3.29. The third-order valence-electron chi connectivity index (χ3n) is 1.65. The van der Waals surface area contributed by atoms with Crippen LogP contribution in [0.1, 0.15) is 30.9 Å². The zero-order valence-corrected chi connectivity index (χ0v) is 8.02. The first-order valence-electron chi connectivity index (χ1n) is 4.48. The maximum atomic E-state index is 12.9. The van der Waals surface area contributed by atoms with E-state index >= 15 is 0 Å². The van der Waals surface area contributed by atoms with E-state index in [0.29, 0.717) is 0 Å². The number of aryl methyl sites for hydroxylation is 1. The first-order chi connectivity index (χ1) is 6.22. The lowest BCUT2D eigenvalue weighted by molar-refractivity contribution is 0.626. The summed E-state index contributed by atoms with van der Waals surface area (Å²) in [4.78, 5) is 0. The van der Waals surface area contributed by atoms with E-state index in [1.54, 1.807) is 0 Å². The van der Waals surface area contributed by atoms with E-state index in [1.165, 1.54) is 12.1 Å². The van der Waals surface area contributed by atoms with Crippen molar-refractivity contribution in [1.29, 1.82) is 0 Å². The van der Waals surface area contributed by atoms with Crippen molar-refractivity contribution in [3.63, 3.8) is 0 Å².